The molecule has 0 bridgehead atoms. The van der Waals surface area contributed by atoms with E-state index in [1.807, 2.05) is 0 Å². The van der Waals surface area contributed by atoms with E-state index in [2.05, 4.69) is 9.84 Å². The van der Waals surface area contributed by atoms with Gasteiger partial charge in [0.05, 0.1) is 5.56 Å². The van der Waals surface area contributed by atoms with E-state index in [1.54, 1.807) is 13.8 Å². The van der Waals surface area contributed by atoms with Crippen LogP contribution in [0.1, 0.15) is 40.3 Å². The van der Waals surface area contributed by atoms with Crippen LogP contribution in [0.25, 0.3) is 0 Å². The number of hydrogen-bond donors (Lipinski definition) is 1. The summed E-state index contributed by atoms with van der Waals surface area (Å²) in [4.78, 5) is 24.1. The molecule has 6 nitrogen and oxygen atoms in total. The molecule has 2 aromatic rings. The Morgan fingerprint density at radius 1 is 1.18 bits per heavy atom. The van der Waals surface area contributed by atoms with Crippen molar-refractivity contribution in [1.29, 1.82) is 0 Å². The van der Waals surface area contributed by atoms with Gasteiger partial charge >= 0.3 is 12.1 Å². The maximum atomic E-state index is 13.6. The maximum absolute atomic E-state index is 13.6. The van der Waals surface area contributed by atoms with Gasteiger partial charge in [0, 0.05) is 6.54 Å². The van der Waals surface area contributed by atoms with Crippen molar-refractivity contribution in [2.45, 2.75) is 26.6 Å². The van der Waals surface area contributed by atoms with Gasteiger partial charge in [-0.05, 0) is 18.1 Å². The monoisotopic (exact) mass is 405 g/mol. The molecule has 0 spiro atoms. The summed E-state index contributed by atoms with van der Waals surface area (Å²) in [6.07, 6.45) is -5.01. The number of alkyl halides is 3. The molecule has 11 heteroatoms. The van der Waals surface area contributed by atoms with Crippen LogP contribution in [0.5, 0.6) is 0 Å². The molecule has 0 aliphatic rings. The Kier molecular flexibility index (Phi) is 6.05. The molecule has 0 unspecified atom stereocenters. The van der Waals surface area contributed by atoms with Crippen LogP contribution in [0.2, 0.25) is 0 Å². The predicted molar refractivity (Wildman–Crippen MR) is 87.5 cm³/mol. The molecule has 1 aromatic carbocycles. The largest absolute Gasteiger partial charge is 0.454 e. The Hall–Kier alpha value is -2.98. The number of esters is 1. The number of ether oxygens (including phenoxy) is 1. The highest BCUT2D eigenvalue weighted by atomic mass is 19.4. The van der Waals surface area contributed by atoms with Gasteiger partial charge in [-0.25, -0.2) is 18.3 Å². The molecule has 152 valence electrons. The average molecular weight is 405 g/mol. The molecule has 0 saturated carbocycles. The Labute approximate surface area is 156 Å². The van der Waals surface area contributed by atoms with Gasteiger partial charge in [-0.3, -0.25) is 4.79 Å². The molecule has 0 aliphatic heterocycles. The number of halogens is 5. The summed E-state index contributed by atoms with van der Waals surface area (Å²) in [5.74, 6) is -5.94. The van der Waals surface area contributed by atoms with E-state index in [9.17, 15) is 31.5 Å². The molecule has 0 atom stereocenters. The van der Waals surface area contributed by atoms with Gasteiger partial charge in [0.15, 0.2) is 12.3 Å². The lowest BCUT2D eigenvalue weighted by Crippen LogP contribution is -2.20. The third-order valence-corrected chi connectivity index (χ3v) is 3.58. The Morgan fingerprint density at radius 2 is 1.75 bits per heavy atom. The van der Waals surface area contributed by atoms with Crippen LogP contribution < -0.4 is 5.73 Å². The molecule has 0 aliphatic carbocycles. The van der Waals surface area contributed by atoms with Crippen molar-refractivity contribution in [3.8, 4) is 0 Å². The predicted octanol–water partition coefficient (Wildman–Crippen LogP) is 3.46. The number of anilines is 1. The SMILES string of the molecule is CC(C)Cn1nc(C(F)(F)F)c(C(=O)OCC(=O)c2c(F)cccc2F)c1N. The van der Waals surface area contributed by atoms with Crippen LogP contribution in [0.4, 0.5) is 27.8 Å². The van der Waals surface area contributed by atoms with E-state index in [0.29, 0.717) is 0 Å². The second kappa shape index (κ2) is 7.95. The number of hydrogen-bond acceptors (Lipinski definition) is 5. The summed E-state index contributed by atoms with van der Waals surface area (Å²) in [5.41, 5.74) is 2.02. The van der Waals surface area contributed by atoms with Crippen LogP contribution in [0.15, 0.2) is 18.2 Å². The number of nitrogens with zero attached hydrogens (tertiary/aromatic N) is 2. The Balaban J connectivity index is 2.29. The first kappa shape index (κ1) is 21.3. The van der Waals surface area contributed by atoms with E-state index in [-0.39, 0.29) is 12.5 Å². The van der Waals surface area contributed by atoms with E-state index in [0.717, 1.165) is 22.9 Å². The van der Waals surface area contributed by atoms with E-state index < -0.39 is 58.8 Å². The molecular weight excluding hydrogens is 389 g/mol. The fraction of sp³-hybridized carbons (Fsp3) is 0.353. The smallest absolute Gasteiger partial charge is 0.436 e. The third kappa shape index (κ3) is 4.46. The second-order valence-corrected chi connectivity index (χ2v) is 6.28. The van der Waals surface area contributed by atoms with E-state index >= 15 is 0 Å². The van der Waals surface area contributed by atoms with Gasteiger partial charge in [-0.1, -0.05) is 19.9 Å². The lowest BCUT2D eigenvalue weighted by Gasteiger charge is -2.08. The zero-order valence-corrected chi connectivity index (χ0v) is 14.8. The maximum Gasteiger partial charge on any atom is 0.436 e. The highest BCUT2D eigenvalue weighted by Gasteiger charge is 2.42. The molecule has 1 aromatic heterocycles. The van der Waals surface area contributed by atoms with Crippen molar-refractivity contribution in [2.75, 3.05) is 12.3 Å². The molecule has 0 radical (unpaired) electrons. The molecule has 2 N–H and O–H groups in total. The molecule has 28 heavy (non-hydrogen) atoms. The van der Waals surface area contributed by atoms with Crippen molar-refractivity contribution in [3.63, 3.8) is 0 Å². The highest BCUT2D eigenvalue weighted by molar-refractivity contribution is 6.01. The van der Waals surface area contributed by atoms with Gasteiger partial charge in [-0.2, -0.15) is 18.3 Å². The van der Waals surface area contributed by atoms with Crippen LogP contribution in [0, 0.1) is 17.6 Å². The summed E-state index contributed by atoms with van der Waals surface area (Å²) in [6, 6.07) is 2.65. The van der Waals surface area contributed by atoms with Gasteiger partial charge in [0.25, 0.3) is 0 Å². The minimum absolute atomic E-state index is 0.00155. The number of carbonyl (C=O) groups is 2. The summed E-state index contributed by atoms with van der Waals surface area (Å²) < 4.78 is 72.1. The lowest BCUT2D eigenvalue weighted by atomic mass is 10.1. The van der Waals surface area contributed by atoms with Crippen LogP contribution in [-0.4, -0.2) is 28.1 Å². The first-order chi connectivity index (χ1) is 12.9. The zero-order valence-electron chi connectivity index (χ0n) is 14.8. The minimum atomic E-state index is -5.01. The van der Waals surface area contributed by atoms with Gasteiger partial charge < -0.3 is 10.5 Å². The number of nitrogen functional groups attached to an aromatic ring is 1. The minimum Gasteiger partial charge on any atom is -0.454 e. The number of benzene rings is 1. The number of rotatable bonds is 6. The number of ketones is 1. The highest BCUT2D eigenvalue weighted by Crippen LogP contribution is 2.34. The van der Waals surface area contributed by atoms with Crippen molar-refractivity contribution in [2.24, 2.45) is 5.92 Å². The molecule has 0 fully saturated rings. The molecular formula is C17H16F5N3O3. The van der Waals surface area contributed by atoms with Crippen molar-refractivity contribution in [3.05, 3.63) is 46.7 Å². The van der Waals surface area contributed by atoms with Crippen LogP contribution in [-0.2, 0) is 17.5 Å². The summed E-state index contributed by atoms with van der Waals surface area (Å²) >= 11 is 0. The van der Waals surface area contributed by atoms with Crippen molar-refractivity contribution >= 4 is 17.6 Å². The van der Waals surface area contributed by atoms with Gasteiger partial charge in [0.2, 0.25) is 5.78 Å². The van der Waals surface area contributed by atoms with Gasteiger partial charge in [-0.15, -0.1) is 0 Å². The second-order valence-electron chi connectivity index (χ2n) is 6.28. The standard InChI is InChI=1S/C17H16F5N3O3/c1-8(2)6-25-15(23)13(14(24-25)17(20,21)22)16(27)28-7-11(26)12-9(18)4-3-5-10(12)19/h3-5,8H,6-7,23H2,1-2H3. The fourth-order valence-electron chi connectivity index (χ4n) is 2.40. The Morgan fingerprint density at radius 3 is 2.25 bits per heavy atom. The molecule has 0 amide bonds. The number of carbonyl (C=O) groups excluding carboxylic acids is 2. The molecule has 2 rings (SSSR count). The molecule has 0 saturated heterocycles. The van der Waals surface area contributed by atoms with Crippen molar-refractivity contribution in [1.82, 2.24) is 9.78 Å². The number of aromatic nitrogens is 2. The first-order valence-electron chi connectivity index (χ1n) is 8.01. The molecule has 1 heterocycles. The summed E-state index contributed by atoms with van der Waals surface area (Å²) in [7, 11) is 0. The normalized spacial score (nSPS) is 11.7. The van der Waals surface area contributed by atoms with Crippen LogP contribution >= 0.6 is 0 Å². The number of Topliss-reactive ketones (excluding diaryl/α,β-unsaturated/α-hetero) is 1. The van der Waals surface area contributed by atoms with Crippen molar-refractivity contribution < 1.29 is 36.3 Å². The van der Waals surface area contributed by atoms with Crippen LogP contribution in [0.3, 0.4) is 0 Å². The summed E-state index contributed by atoms with van der Waals surface area (Å²) in [6.45, 7) is 2.23. The quantitative estimate of drug-likeness (QED) is 0.452. The zero-order chi connectivity index (χ0) is 21.2. The first-order valence-corrected chi connectivity index (χ1v) is 8.01. The van der Waals surface area contributed by atoms with Gasteiger partial charge in [0.1, 0.15) is 23.0 Å². The van der Waals surface area contributed by atoms with E-state index in [1.165, 1.54) is 0 Å². The average Bonchev–Trinajstić information content (AvgIpc) is 2.89. The number of nitrogens with two attached hydrogens (primary N) is 1. The lowest BCUT2D eigenvalue weighted by molar-refractivity contribution is -0.142. The third-order valence-electron chi connectivity index (χ3n) is 3.58. The fourth-order valence-corrected chi connectivity index (χ4v) is 2.40. The van der Waals surface area contributed by atoms with E-state index in [4.69, 9.17) is 5.73 Å². The topological polar surface area (TPSA) is 87.2 Å². The Bertz CT molecular complexity index is 886. The summed E-state index contributed by atoms with van der Waals surface area (Å²) in [5, 5.41) is 3.32.